The number of carbonyl (C=O) groups is 1. The van der Waals surface area contributed by atoms with Crippen LogP contribution in [0.4, 0.5) is 0 Å². The Balaban J connectivity index is 2.08. The minimum absolute atomic E-state index is 0.249. The molecule has 1 N–H and O–H groups in total. The molecule has 0 aliphatic rings. The molecule has 0 amide bonds. The highest BCUT2D eigenvalue weighted by molar-refractivity contribution is 7.17. The Hall–Kier alpha value is -2.07. The monoisotopic (exact) mass is 285 g/mol. The first-order valence-electron chi connectivity index (χ1n) is 6.55. The zero-order chi connectivity index (χ0) is 14.1. The molecule has 2 aromatic heterocycles. The van der Waals surface area contributed by atoms with Crippen LogP contribution in [0.1, 0.15) is 22.3 Å². The van der Waals surface area contributed by atoms with Crippen molar-refractivity contribution in [3.63, 3.8) is 0 Å². The van der Waals surface area contributed by atoms with E-state index in [1.807, 2.05) is 31.2 Å². The number of para-hydroxylation sites is 1. The van der Waals surface area contributed by atoms with E-state index < -0.39 is 0 Å². The van der Waals surface area contributed by atoms with E-state index in [0.29, 0.717) is 11.5 Å². The highest BCUT2D eigenvalue weighted by Gasteiger charge is 2.15. The van der Waals surface area contributed by atoms with Crippen LogP contribution in [0.15, 0.2) is 36.4 Å². The van der Waals surface area contributed by atoms with Crippen molar-refractivity contribution in [3.05, 3.63) is 47.0 Å². The maximum Gasteiger partial charge on any atom is 0.348 e. The van der Waals surface area contributed by atoms with Gasteiger partial charge in [-0.05, 0) is 32.0 Å². The fourth-order valence-electron chi connectivity index (χ4n) is 2.38. The summed E-state index contributed by atoms with van der Waals surface area (Å²) in [6, 6.07) is 12.0. The lowest BCUT2D eigenvalue weighted by Gasteiger charge is -1.98. The minimum Gasteiger partial charge on any atom is -0.462 e. The number of H-pyrrole nitrogens is 1. The summed E-state index contributed by atoms with van der Waals surface area (Å²) in [4.78, 5) is 16.9. The van der Waals surface area contributed by atoms with Crippen LogP contribution in [0.25, 0.3) is 21.3 Å². The predicted molar refractivity (Wildman–Crippen MR) is 82.3 cm³/mol. The average molecular weight is 285 g/mol. The van der Waals surface area contributed by atoms with Crippen molar-refractivity contribution in [1.29, 1.82) is 0 Å². The molecule has 102 valence electrons. The average Bonchev–Trinajstić information content (AvgIpc) is 3.01. The summed E-state index contributed by atoms with van der Waals surface area (Å²) in [5.74, 6) is -0.249. The van der Waals surface area contributed by atoms with Gasteiger partial charge in [0, 0.05) is 27.0 Å². The van der Waals surface area contributed by atoms with E-state index in [1.165, 1.54) is 22.3 Å². The first kappa shape index (κ1) is 12.9. The number of hydrogen-bond donors (Lipinski definition) is 1. The second-order valence-electron chi connectivity index (χ2n) is 4.55. The number of carbonyl (C=O) groups excluding carboxylic acids is 1. The molecule has 1 aromatic carbocycles. The normalized spacial score (nSPS) is 10.9. The summed E-state index contributed by atoms with van der Waals surface area (Å²) in [7, 11) is 0. The fraction of sp³-hybridized carbons (Fsp3) is 0.188. The number of aromatic nitrogens is 1. The van der Waals surface area contributed by atoms with Gasteiger partial charge < -0.3 is 9.72 Å². The third-order valence-electron chi connectivity index (χ3n) is 3.22. The number of aromatic amines is 1. The van der Waals surface area contributed by atoms with Crippen LogP contribution >= 0.6 is 11.3 Å². The third kappa shape index (κ3) is 2.12. The zero-order valence-electron chi connectivity index (χ0n) is 11.4. The summed E-state index contributed by atoms with van der Waals surface area (Å²) < 4.78 is 5.04. The number of benzene rings is 1. The van der Waals surface area contributed by atoms with Crippen LogP contribution in [0.3, 0.4) is 0 Å². The number of ether oxygens (including phenoxy) is 1. The molecule has 0 atom stereocenters. The number of esters is 1. The molecule has 0 spiro atoms. The van der Waals surface area contributed by atoms with Gasteiger partial charge in [0.15, 0.2) is 0 Å². The minimum atomic E-state index is -0.249. The van der Waals surface area contributed by atoms with Crippen LogP contribution in [0, 0.1) is 6.92 Å². The molecule has 3 aromatic rings. The van der Waals surface area contributed by atoms with Crippen LogP contribution in [-0.4, -0.2) is 17.6 Å². The molecule has 0 aliphatic carbocycles. The molecule has 0 saturated carbocycles. The molecule has 0 radical (unpaired) electrons. The Morgan fingerprint density at radius 1 is 1.25 bits per heavy atom. The summed E-state index contributed by atoms with van der Waals surface area (Å²) >= 11 is 1.47. The van der Waals surface area contributed by atoms with Gasteiger partial charge in [-0.3, -0.25) is 0 Å². The molecule has 0 saturated heterocycles. The van der Waals surface area contributed by atoms with Gasteiger partial charge >= 0.3 is 5.97 Å². The van der Waals surface area contributed by atoms with Crippen molar-refractivity contribution >= 4 is 28.2 Å². The van der Waals surface area contributed by atoms with Gasteiger partial charge in [0.25, 0.3) is 0 Å². The van der Waals surface area contributed by atoms with Gasteiger partial charge in [-0.1, -0.05) is 18.2 Å². The zero-order valence-corrected chi connectivity index (χ0v) is 12.2. The van der Waals surface area contributed by atoms with Crippen molar-refractivity contribution in [2.75, 3.05) is 6.61 Å². The van der Waals surface area contributed by atoms with E-state index in [9.17, 15) is 4.79 Å². The fourth-order valence-corrected chi connectivity index (χ4v) is 3.39. The van der Waals surface area contributed by atoms with Crippen LogP contribution in [-0.2, 0) is 4.74 Å². The molecule has 20 heavy (non-hydrogen) atoms. The summed E-state index contributed by atoms with van der Waals surface area (Å²) in [6.45, 7) is 4.27. The Morgan fingerprint density at radius 3 is 2.85 bits per heavy atom. The van der Waals surface area contributed by atoms with Crippen molar-refractivity contribution in [2.24, 2.45) is 0 Å². The Bertz CT molecular complexity index is 770. The summed E-state index contributed by atoms with van der Waals surface area (Å²) in [5.41, 5.74) is 3.40. The largest absolute Gasteiger partial charge is 0.462 e. The molecule has 3 nitrogen and oxygen atoms in total. The number of rotatable bonds is 3. The van der Waals surface area contributed by atoms with Crippen molar-refractivity contribution in [3.8, 4) is 10.4 Å². The first-order chi connectivity index (χ1) is 9.70. The van der Waals surface area contributed by atoms with E-state index in [1.54, 1.807) is 0 Å². The predicted octanol–water partition coefficient (Wildman–Crippen LogP) is 4.38. The van der Waals surface area contributed by atoms with Gasteiger partial charge in [-0.15, -0.1) is 11.3 Å². The standard InChI is InChI=1S/C16H15NO2S/c1-3-19-16(18)14-9-8-13(20-14)15-10(2)17-12-7-5-4-6-11(12)15/h4-9,17H,3H2,1-2H3. The smallest absolute Gasteiger partial charge is 0.348 e. The summed E-state index contributed by atoms with van der Waals surface area (Å²) in [5, 5.41) is 1.18. The second-order valence-corrected chi connectivity index (χ2v) is 5.64. The third-order valence-corrected chi connectivity index (χ3v) is 4.31. The molecular weight excluding hydrogens is 270 g/mol. The van der Waals surface area contributed by atoms with Gasteiger partial charge in [0.2, 0.25) is 0 Å². The molecular formula is C16H15NO2S. The van der Waals surface area contributed by atoms with Gasteiger partial charge in [0.1, 0.15) is 4.88 Å². The van der Waals surface area contributed by atoms with Crippen LogP contribution in [0.2, 0.25) is 0 Å². The number of hydrogen-bond acceptors (Lipinski definition) is 3. The Kier molecular flexibility index (Phi) is 3.32. The van der Waals surface area contributed by atoms with E-state index in [4.69, 9.17) is 4.74 Å². The molecule has 2 heterocycles. The number of nitrogens with one attached hydrogen (secondary N) is 1. The summed E-state index contributed by atoms with van der Waals surface area (Å²) in [6.07, 6.45) is 0. The van der Waals surface area contributed by atoms with Gasteiger partial charge in [-0.2, -0.15) is 0 Å². The number of aryl methyl sites for hydroxylation is 1. The molecule has 0 bridgehead atoms. The highest BCUT2D eigenvalue weighted by atomic mass is 32.1. The van der Waals surface area contributed by atoms with Crippen LogP contribution < -0.4 is 0 Å². The lowest BCUT2D eigenvalue weighted by atomic mass is 10.1. The lowest BCUT2D eigenvalue weighted by molar-refractivity contribution is 0.0532. The van der Waals surface area contributed by atoms with Gasteiger partial charge in [-0.25, -0.2) is 4.79 Å². The maximum absolute atomic E-state index is 11.8. The van der Waals surface area contributed by atoms with E-state index in [0.717, 1.165) is 16.1 Å². The molecule has 3 rings (SSSR count). The number of fused-ring (bicyclic) bond motifs is 1. The molecule has 0 unspecified atom stereocenters. The van der Waals surface area contributed by atoms with Crippen molar-refractivity contribution < 1.29 is 9.53 Å². The molecule has 0 aliphatic heterocycles. The van der Waals surface area contributed by atoms with E-state index in [2.05, 4.69) is 24.0 Å². The Morgan fingerprint density at radius 2 is 2.05 bits per heavy atom. The topological polar surface area (TPSA) is 42.1 Å². The van der Waals surface area contributed by atoms with Crippen molar-refractivity contribution in [1.82, 2.24) is 4.98 Å². The number of thiophene rings is 1. The first-order valence-corrected chi connectivity index (χ1v) is 7.37. The van der Waals surface area contributed by atoms with E-state index >= 15 is 0 Å². The quantitative estimate of drug-likeness (QED) is 0.725. The SMILES string of the molecule is CCOC(=O)c1ccc(-c2c(C)[nH]c3ccccc23)s1. The molecule has 0 fully saturated rings. The van der Waals surface area contributed by atoms with E-state index in [-0.39, 0.29) is 5.97 Å². The Labute approximate surface area is 121 Å². The van der Waals surface area contributed by atoms with Gasteiger partial charge in [0.05, 0.1) is 6.61 Å². The van der Waals surface area contributed by atoms with Crippen LogP contribution in [0.5, 0.6) is 0 Å². The second kappa shape index (κ2) is 5.13. The molecule has 4 heteroatoms. The lowest BCUT2D eigenvalue weighted by Crippen LogP contribution is -2.01. The highest BCUT2D eigenvalue weighted by Crippen LogP contribution is 2.36. The van der Waals surface area contributed by atoms with Crippen molar-refractivity contribution in [2.45, 2.75) is 13.8 Å². The maximum atomic E-state index is 11.8.